The van der Waals surface area contributed by atoms with Gasteiger partial charge in [0.1, 0.15) is 11.6 Å². The zero-order chi connectivity index (χ0) is 17.9. The molecule has 2 N–H and O–H groups in total. The lowest BCUT2D eigenvalue weighted by Gasteiger charge is -2.06. The van der Waals surface area contributed by atoms with Gasteiger partial charge in [-0.3, -0.25) is 4.79 Å². The summed E-state index contributed by atoms with van der Waals surface area (Å²) in [5.74, 6) is -0.346. The molecule has 0 fully saturated rings. The first-order valence-corrected chi connectivity index (χ1v) is 8.40. The second kappa shape index (κ2) is 9.94. The highest BCUT2D eigenvalue weighted by atomic mass is 16.1. The van der Waals surface area contributed by atoms with Crippen LogP contribution in [0, 0.1) is 18.3 Å². The van der Waals surface area contributed by atoms with Gasteiger partial charge in [0.15, 0.2) is 0 Å². The van der Waals surface area contributed by atoms with Crippen LogP contribution in [0.1, 0.15) is 16.7 Å². The minimum Gasteiger partial charge on any atom is -0.389 e. The van der Waals surface area contributed by atoms with Crippen LogP contribution in [-0.4, -0.2) is 19.0 Å². The van der Waals surface area contributed by atoms with E-state index >= 15 is 0 Å². The Hall–Kier alpha value is -3.06. The first kappa shape index (κ1) is 18.3. The van der Waals surface area contributed by atoms with Crippen molar-refractivity contribution in [1.29, 1.82) is 5.26 Å². The predicted molar refractivity (Wildman–Crippen MR) is 99.7 cm³/mol. The predicted octanol–water partition coefficient (Wildman–Crippen LogP) is 2.89. The van der Waals surface area contributed by atoms with Crippen molar-refractivity contribution in [1.82, 2.24) is 10.6 Å². The molecule has 0 saturated carbocycles. The highest BCUT2D eigenvalue weighted by Gasteiger charge is 2.07. The van der Waals surface area contributed by atoms with E-state index in [9.17, 15) is 4.79 Å². The van der Waals surface area contributed by atoms with Gasteiger partial charge in [0.2, 0.25) is 0 Å². The molecule has 2 aromatic carbocycles. The fraction of sp³-hybridized carbons (Fsp3) is 0.238. The Morgan fingerprint density at radius 3 is 2.32 bits per heavy atom. The van der Waals surface area contributed by atoms with E-state index in [4.69, 9.17) is 5.26 Å². The van der Waals surface area contributed by atoms with Gasteiger partial charge in [0, 0.05) is 19.3 Å². The Kier molecular flexibility index (Phi) is 7.27. The number of hydrogen-bond acceptors (Lipinski definition) is 3. The molecule has 2 aromatic rings. The largest absolute Gasteiger partial charge is 0.389 e. The van der Waals surface area contributed by atoms with Crippen LogP contribution >= 0.6 is 0 Å². The number of hydrogen-bond donors (Lipinski definition) is 2. The lowest BCUT2D eigenvalue weighted by Crippen LogP contribution is -2.27. The number of benzene rings is 2. The topological polar surface area (TPSA) is 64.9 Å². The fourth-order valence-corrected chi connectivity index (χ4v) is 2.35. The minimum absolute atomic E-state index is 0.0944. The van der Waals surface area contributed by atoms with Gasteiger partial charge in [-0.2, -0.15) is 5.26 Å². The molecule has 0 aliphatic heterocycles. The number of nitrogens with zero attached hydrogens (tertiary/aromatic N) is 1. The van der Waals surface area contributed by atoms with Gasteiger partial charge in [-0.05, 0) is 30.9 Å². The second-order valence-corrected chi connectivity index (χ2v) is 5.85. The molecule has 0 unspecified atom stereocenters. The Bertz CT molecular complexity index is 743. The first-order valence-electron chi connectivity index (χ1n) is 8.40. The second-order valence-electron chi connectivity index (χ2n) is 5.85. The summed E-state index contributed by atoms with van der Waals surface area (Å²) in [7, 11) is 0. The summed E-state index contributed by atoms with van der Waals surface area (Å²) in [6.45, 7) is 3.23. The maximum Gasteiger partial charge on any atom is 0.263 e. The van der Waals surface area contributed by atoms with Crippen molar-refractivity contribution >= 4 is 5.91 Å². The van der Waals surface area contributed by atoms with Crippen molar-refractivity contribution in [3.05, 3.63) is 83.1 Å². The molecule has 1 amide bonds. The molecule has 0 spiro atoms. The Morgan fingerprint density at radius 2 is 1.64 bits per heavy atom. The average molecular weight is 333 g/mol. The maximum absolute atomic E-state index is 12.0. The van der Waals surface area contributed by atoms with E-state index in [-0.39, 0.29) is 11.5 Å². The lowest BCUT2D eigenvalue weighted by atomic mass is 10.1. The summed E-state index contributed by atoms with van der Waals surface area (Å²) in [6, 6.07) is 20.2. The van der Waals surface area contributed by atoms with Crippen LogP contribution < -0.4 is 10.6 Å². The number of carbonyl (C=O) groups is 1. The van der Waals surface area contributed by atoms with Gasteiger partial charge in [-0.25, -0.2) is 0 Å². The zero-order valence-corrected chi connectivity index (χ0v) is 14.5. The van der Waals surface area contributed by atoms with Crippen LogP contribution in [-0.2, 0) is 17.6 Å². The van der Waals surface area contributed by atoms with Gasteiger partial charge >= 0.3 is 0 Å². The van der Waals surface area contributed by atoms with Crippen molar-refractivity contribution in [2.75, 3.05) is 13.1 Å². The number of nitrogens with one attached hydrogen (secondary N) is 2. The van der Waals surface area contributed by atoms with Crippen LogP contribution in [0.3, 0.4) is 0 Å². The number of nitriles is 1. The minimum atomic E-state index is -0.346. The lowest BCUT2D eigenvalue weighted by molar-refractivity contribution is -0.117. The van der Waals surface area contributed by atoms with Crippen molar-refractivity contribution in [2.24, 2.45) is 0 Å². The quantitative estimate of drug-likeness (QED) is 0.443. The Balaban J connectivity index is 1.73. The Morgan fingerprint density at radius 1 is 1.00 bits per heavy atom. The molecule has 0 aromatic heterocycles. The SMILES string of the molecule is Cc1ccc(CCN/C=C(/C#N)C(=O)NCCc2ccccc2)cc1. The normalized spacial score (nSPS) is 10.8. The molecule has 0 aliphatic rings. The summed E-state index contributed by atoms with van der Waals surface area (Å²) >= 11 is 0. The molecule has 4 heteroatoms. The monoisotopic (exact) mass is 333 g/mol. The molecule has 0 saturated heterocycles. The smallest absolute Gasteiger partial charge is 0.263 e. The molecule has 25 heavy (non-hydrogen) atoms. The third kappa shape index (κ3) is 6.52. The van der Waals surface area contributed by atoms with Gasteiger partial charge in [0.25, 0.3) is 5.91 Å². The van der Waals surface area contributed by atoms with Crippen molar-refractivity contribution in [3.8, 4) is 6.07 Å². The van der Waals surface area contributed by atoms with E-state index in [1.54, 1.807) is 0 Å². The third-order valence-electron chi connectivity index (χ3n) is 3.83. The van der Waals surface area contributed by atoms with Gasteiger partial charge in [0.05, 0.1) is 0 Å². The van der Waals surface area contributed by atoms with E-state index in [0.29, 0.717) is 13.1 Å². The van der Waals surface area contributed by atoms with Crippen LogP contribution in [0.2, 0.25) is 0 Å². The summed E-state index contributed by atoms with van der Waals surface area (Å²) in [6.07, 6.45) is 3.07. The summed E-state index contributed by atoms with van der Waals surface area (Å²) in [4.78, 5) is 12.0. The van der Waals surface area contributed by atoms with Crippen molar-refractivity contribution in [3.63, 3.8) is 0 Å². The molecule has 0 atom stereocenters. The molecule has 0 radical (unpaired) electrons. The van der Waals surface area contributed by atoms with E-state index in [1.807, 2.05) is 36.4 Å². The highest BCUT2D eigenvalue weighted by molar-refractivity contribution is 5.97. The summed E-state index contributed by atoms with van der Waals surface area (Å²) in [5.41, 5.74) is 3.70. The fourth-order valence-electron chi connectivity index (χ4n) is 2.35. The van der Waals surface area contributed by atoms with E-state index in [1.165, 1.54) is 17.3 Å². The Labute approximate surface area is 149 Å². The number of amides is 1. The number of rotatable bonds is 8. The molecular formula is C21H23N3O. The van der Waals surface area contributed by atoms with Crippen molar-refractivity contribution < 1.29 is 4.79 Å². The molecule has 0 heterocycles. The third-order valence-corrected chi connectivity index (χ3v) is 3.83. The molecule has 2 rings (SSSR count). The number of carbonyl (C=O) groups excluding carboxylic acids is 1. The summed E-state index contributed by atoms with van der Waals surface area (Å²) in [5, 5.41) is 15.0. The molecule has 128 valence electrons. The van der Waals surface area contributed by atoms with E-state index in [0.717, 1.165) is 18.4 Å². The van der Waals surface area contributed by atoms with Gasteiger partial charge in [-0.1, -0.05) is 60.2 Å². The first-order chi connectivity index (χ1) is 12.2. The van der Waals surface area contributed by atoms with Crippen LogP contribution in [0.15, 0.2) is 66.4 Å². The molecule has 0 bridgehead atoms. The maximum atomic E-state index is 12.0. The van der Waals surface area contributed by atoms with E-state index < -0.39 is 0 Å². The molecule has 0 aliphatic carbocycles. The molecule has 4 nitrogen and oxygen atoms in total. The van der Waals surface area contributed by atoms with Crippen LogP contribution in [0.5, 0.6) is 0 Å². The van der Waals surface area contributed by atoms with Gasteiger partial charge < -0.3 is 10.6 Å². The number of aryl methyl sites for hydroxylation is 1. The summed E-state index contributed by atoms with van der Waals surface area (Å²) < 4.78 is 0. The van der Waals surface area contributed by atoms with Gasteiger partial charge in [-0.15, -0.1) is 0 Å². The molecular weight excluding hydrogens is 310 g/mol. The average Bonchev–Trinajstić information content (AvgIpc) is 2.64. The van der Waals surface area contributed by atoms with Crippen molar-refractivity contribution in [2.45, 2.75) is 19.8 Å². The standard InChI is InChI=1S/C21H23N3O/c1-17-7-9-19(10-8-17)11-13-23-16-20(15-22)21(25)24-14-12-18-5-3-2-4-6-18/h2-10,16,23H,11-14H2,1H3,(H,24,25)/b20-16-. The zero-order valence-electron chi connectivity index (χ0n) is 14.5. The highest BCUT2D eigenvalue weighted by Crippen LogP contribution is 2.03. The van der Waals surface area contributed by atoms with E-state index in [2.05, 4.69) is 41.8 Å². The van der Waals surface area contributed by atoms with Crippen LogP contribution in [0.25, 0.3) is 0 Å². The van der Waals surface area contributed by atoms with Crippen LogP contribution in [0.4, 0.5) is 0 Å².